The van der Waals surface area contributed by atoms with Crippen molar-refractivity contribution in [2.45, 2.75) is 75.4 Å². The number of H-pyrrole nitrogens is 1. The van der Waals surface area contributed by atoms with E-state index in [2.05, 4.69) is 86.4 Å². The van der Waals surface area contributed by atoms with Crippen molar-refractivity contribution < 1.29 is 4.79 Å². The lowest BCUT2D eigenvalue weighted by Crippen LogP contribution is -2.49. The number of imidazole rings is 1. The maximum atomic E-state index is 13.6. The van der Waals surface area contributed by atoms with Crippen LogP contribution < -0.4 is 0 Å². The Morgan fingerprint density at radius 3 is 2.37 bits per heavy atom. The minimum atomic E-state index is 0.0589. The quantitative estimate of drug-likeness (QED) is 0.268. The van der Waals surface area contributed by atoms with E-state index in [0.717, 1.165) is 55.8 Å². The summed E-state index contributed by atoms with van der Waals surface area (Å²) in [7, 11) is 0. The van der Waals surface area contributed by atoms with Crippen molar-refractivity contribution in [2.75, 3.05) is 19.6 Å². The highest BCUT2D eigenvalue weighted by atomic mass is 16.2. The van der Waals surface area contributed by atoms with Crippen LogP contribution in [0, 0.1) is 6.92 Å². The number of nitrogens with zero attached hydrogens (tertiary/aromatic N) is 6. The van der Waals surface area contributed by atoms with Gasteiger partial charge in [-0.25, -0.2) is 4.98 Å². The Balaban J connectivity index is 0.990. The number of aryl methyl sites for hydroxylation is 1. The van der Waals surface area contributed by atoms with Crippen molar-refractivity contribution in [3.8, 4) is 0 Å². The number of hydrogen-bond acceptors (Lipinski definition) is 5. The zero-order valence-electron chi connectivity index (χ0n) is 24.8. The summed E-state index contributed by atoms with van der Waals surface area (Å²) >= 11 is 0. The molecule has 8 nitrogen and oxygen atoms in total. The van der Waals surface area contributed by atoms with Crippen LogP contribution in [0.25, 0.3) is 22.1 Å². The smallest absolute Gasteiger partial charge is 0.256 e. The predicted molar refractivity (Wildman–Crippen MR) is 168 cm³/mol. The minimum absolute atomic E-state index is 0.0589. The van der Waals surface area contributed by atoms with Crippen LogP contribution in [0.15, 0.2) is 72.8 Å². The van der Waals surface area contributed by atoms with Gasteiger partial charge in [-0.05, 0) is 93.7 Å². The van der Waals surface area contributed by atoms with Gasteiger partial charge in [-0.2, -0.15) is 15.4 Å². The second-order valence-electron chi connectivity index (χ2n) is 13.0. The van der Waals surface area contributed by atoms with Crippen molar-refractivity contribution in [3.63, 3.8) is 0 Å². The average Bonchev–Trinajstić information content (AvgIpc) is 3.73. The molecule has 3 atom stereocenters. The summed E-state index contributed by atoms with van der Waals surface area (Å²) in [5.41, 5.74) is 5.92. The molecule has 8 rings (SSSR count). The van der Waals surface area contributed by atoms with Crippen LogP contribution in [0.5, 0.6) is 0 Å². The summed E-state index contributed by atoms with van der Waals surface area (Å²) in [5, 5.41) is 11.1. The molecule has 0 saturated carbocycles. The predicted octanol–water partition coefficient (Wildman–Crippen LogP) is 6.05. The summed E-state index contributed by atoms with van der Waals surface area (Å²) in [4.78, 5) is 23.4. The van der Waals surface area contributed by atoms with Gasteiger partial charge in [0.25, 0.3) is 5.91 Å². The van der Waals surface area contributed by atoms with Crippen molar-refractivity contribution in [1.82, 2.24) is 34.8 Å². The number of carbonyl (C=O) groups excluding carboxylic acids is 1. The lowest BCUT2D eigenvalue weighted by molar-refractivity contribution is 0.0608. The molecule has 1 unspecified atom stereocenters. The Morgan fingerprint density at radius 1 is 0.860 bits per heavy atom. The van der Waals surface area contributed by atoms with Crippen LogP contribution in [0.2, 0.25) is 0 Å². The number of benzene rings is 3. The van der Waals surface area contributed by atoms with E-state index in [0.29, 0.717) is 29.2 Å². The molecule has 5 heterocycles. The fourth-order valence-electron chi connectivity index (χ4n) is 8.61. The van der Waals surface area contributed by atoms with Crippen LogP contribution in [0.1, 0.15) is 72.7 Å². The summed E-state index contributed by atoms with van der Waals surface area (Å²) in [6.45, 7) is 4.79. The lowest BCUT2D eigenvalue weighted by Gasteiger charge is -2.45. The highest BCUT2D eigenvalue weighted by Gasteiger charge is 2.44. The van der Waals surface area contributed by atoms with Crippen molar-refractivity contribution in [3.05, 3.63) is 89.7 Å². The molecule has 5 aromatic rings. The fourth-order valence-corrected chi connectivity index (χ4v) is 8.61. The molecule has 220 valence electrons. The van der Waals surface area contributed by atoms with Crippen molar-refractivity contribution in [1.29, 1.82) is 0 Å². The van der Waals surface area contributed by atoms with E-state index in [1.807, 2.05) is 23.1 Å². The largest absolute Gasteiger partial charge is 0.339 e. The Kier molecular flexibility index (Phi) is 6.55. The first-order valence-electron chi connectivity index (χ1n) is 15.9. The van der Waals surface area contributed by atoms with Crippen LogP contribution in [0.4, 0.5) is 0 Å². The van der Waals surface area contributed by atoms with Gasteiger partial charge in [-0.1, -0.05) is 48.5 Å². The van der Waals surface area contributed by atoms with Gasteiger partial charge in [-0.3, -0.25) is 9.69 Å². The highest BCUT2D eigenvalue weighted by molar-refractivity contribution is 6.04. The summed E-state index contributed by atoms with van der Waals surface area (Å²) < 4.78 is 2.52. The zero-order chi connectivity index (χ0) is 29.0. The number of rotatable bonds is 6. The topological polar surface area (TPSA) is 82.9 Å². The average molecular weight is 574 g/mol. The molecule has 3 aromatic carbocycles. The van der Waals surface area contributed by atoms with E-state index in [1.165, 1.54) is 36.8 Å². The number of para-hydroxylation sites is 3. The number of hydrogen-bond donors (Lipinski definition) is 1. The van der Waals surface area contributed by atoms with Crippen molar-refractivity contribution >= 4 is 28.0 Å². The molecule has 0 radical (unpaired) electrons. The number of likely N-dealkylation sites (tertiary alicyclic amines) is 1. The number of aromatic amines is 1. The molecular weight excluding hydrogens is 534 g/mol. The van der Waals surface area contributed by atoms with Gasteiger partial charge >= 0.3 is 0 Å². The fraction of sp³-hybridized carbons (Fsp3) is 0.429. The number of fused-ring (bicyclic) bond motifs is 4. The normalized spacial score (nSPS) is 23.7. The van der Waals surface area contributed by atoms with Gasteiger partial charge in [0.1, 0.15) is 16.9 Å². The van der Waals surface area contributed by atoms with Gasteiger partial charge in [0.15, 0.2) is 0 Å². The van der Waals surface area contributed by atoms with E-state index >= 15 is 0 Å². The van der Waals surface area contributed by atoms with Crippen molar-refractivity contribution in [2.24, 2.45) is 0 Å². The van der Waals surface area contributed by atoms with Crippen LogP contribution in [-0.4, -0.2) is 72.4 Å². The van der Waals surface area contributed by atoms with E-state index in [4.69, 9.17) is 4.98 Å². The number of amides is 1. The first-order chi connectivity index (χ1) is 21.1. The standard InChI is InChI=1S/C35H39N7O/c1-24-36-30-11-5-6-13-32(30)42(24)28-22-26-14-15-27(23-28)41(26)21-18-35(25-8-3-2-4-9-25)16-19-40(20-17-35)34(43)29-10-7-12-31-33(29)38-39-37-31/h2-13,26-28H,14-23H2,1H3,(H,37,38,39)/t26-,27+,28?. The van der Waals surface area contributed by atoms with E-state index < -0.39 is 0 Å². The molecule has 8 heteroatoms. The van der Waals surface area contributed by atoms with Gasteiger partial charge in [0.2, 0.25) is 0 Å². The molecule has 1 amide bonds. The van der Waals surface area contributed by atoms with E-state index in [1.54, 1.807) is 0 Å². The number of aromatic nitrogens is 5. The summed E-state index contributed by atoms with van der Waals surface area (Å²) in [5.74, 6) is 1.20. The summed E-state index contributed by atoms with van der Waals surface area (Å²) in [6, 6.07) is 27.1. The second kappa shape index (κ2) is 10.6. The minimum Gasteiger partial charge on any atom is -0.339 e. The molecule has 2 aromatic heterocycles. The second-order valence-corrected chi connectivity index (χ2v) is 13.0. The molecule has 1 N–H and O–H groups in total. The van der Waals surface area contributed by atoms with Crippen LogP contribution in [0.3, 0.4) is 0 Å². The van der Waals surface area contributed by atoms with Gasteiger partial charge in [0, 0.05) is 31.2 Å². The van der Waals surface area contributed by atoms with Gasteiger partial charge in [-0.15, -0.1) is 0 Å². The zero-order valence-corrected chi connectivity index (χ0v) is 24.8. The third kappa shape index (κ3) is 4.54. The first kappa shape index (κ1) is 26.6. The molecule has 0 aliphatic carbocycles. The molecule has 3 fully saturated rings. The molecule has 3 aliphatic rings. The monoisotopic (exact) mass is 573 g/mol. The lowest BCUT2D eigenvalue weighted by atomic mass is 9.70. The van der Waals surface area contributed by atoms with Crippen LogP contribution >= 0.6 is 0 Å². The molecule has 0 spiro atoms. The molecule has 43 heavy (non-hydrogen) atoms. The maximum Gasteiger partial charge on any atom is 0.256 e. The van der Waals surface area contributed by atoms with Gasteiger partial charge in [0.05, 0.1) is 16.6 Å². The Labute approximate surface area is 252 Å². The Bertz CT molecular complexity index is 1750. The molecule has 2 bridgehead atoms. The Morgan fingerprint density at radius 2 is 1.58 bits per heavy atom. The number of nitrogens with one attached hydrogen (secondary N) is 1. The van der Waals surface area contributed by atoms with Gasteiger partial charge < -0.3 is 9.47 Å². The Hall–Kier alpha value is -4.04. The third-order valence-corrected chi connectivity index (χ3v) is 10.8. The van der Waals surface area contributed by atoms with E-state index in [9.17, 15) is 4.79 Å². The van der Waals surface area contributed by atoms with E-state index in [-0.39, 0.29) is 11.3 Å². The first-order valence-corrected chi connectivity index (χ1v) is 15.9. The maximum absolute atomic E-state index is 13.6. The SMILES string of the molecule is Cc1nc2ccccc2n1C1C[C@H]2CC[C@@H](C1)N2CCC1(c2ccccc2)CCN(C(=O)c2cccc3n[nH]nc23)CC1. The number of carbonyl (C=O) groups is 1. The highest BCUT2D eigenvalue weighted by Crippen LogP contribution is 2.45. The molecule has 3 saturated heterocycles. The van der Waals surface area contributed by atoms with Crippen LogP contribution in [-0.2, 0) is 5.41 Å². The number of piperidine rings is 2. The summed E-state index contributed by atoms with van der Waals surface area (Å²) in [6.07, 6.45) is 8.07. The molecule has 3 aliphatic heterocycles. The molecular formula is C35H39N7O. The third-order valence-electron chi connectivity index (χ3n) is 10.8.